The molecule has 2 aromatic carbocycles. The van der Waals surface area contributed by atoms with Gasteiger partial charge in [0, 0.05) is 12.5 Å². The highest BCUT2D eigenvalue weighted by atomic mass is 16.5. The number of hydrogen-bond acceptors (Lipinski definition) is 4. The first-order valence-electron chi connectivity index (χ1n) is 12.1. The zero-order valence-corrected chi connectivity index (χ0v) is 19.5. The van der Waals surface area contributed by atoms with Gasteiger partial charge >= 0.3 is 12.1 Å². The van der Waals surface area contributed by atoms with E-state index in [4.69, 9.17) is 4.74 Å². The molecule has 3 N–H and O–H groups in total. The summed E-state index contributed by atoms with van der Waals surface area (Å²) in [6, 6.07) is 15.5. The zero-order chi connectivity index (χ0) is 24.1. The largest absolute Gasteiger partial charge is 0.481 e. The SMILES string of the molecule is CCC[C@H](NC(=O)OCC1c2ccccc2-c2ccccc21)C(=O)NCC1CCCC1C(=O)O. The monoisotopic (exact) mass is 464 g/mol. The maximum atomic E-state index is 12.8. The van der Waals surface area contributed by atoms with Crippen LogP contribution < -0.4 is 10.6 Å². The fourth-order valence-electron chi connectivity index (χ4n) is 5.30. The van der Waals surface area contributed by atoms with Crippen molar-refractivity contribution in [3.05, 3.63) is 59.7 Å². The lowest BCUT2D eigenvalue weighted by Crippen LogP contribution is -2.48. The molecule has 0 heterocycles. The number of nitrogens with one attached hydrogen (secondary N) is 2. The lowest BCUT2D eigenvalue weighted by atomic mass is 9.96. The van der Waals surface area contributed by atoms with Crippen LogP contribution in [0.3, 0.4) is 0 Å². The van der Waals surface area contributed by atoms with Crippen molar-refractivity contribution >= 4 is 18.0 Å². The Bertz CT molecular complexity index is 1010. The van der Waals surface area contributed by atoms with Gasteiger partial charge in [0.1, 0.15) is 12.6 Å². The Morgan fingerprint density at radius 1 is 1.03 bits per heavy atom. The number of fused-ring (bicyclic) bond motifs is 3. The van der Waals surface area contributed by atoms with Crippen molar-refractivity contribution < 1.29 is 24.2 Å². The minimum atomic E-state index is -0.807. The van der Waals surface area contributed by atoms with Crippen LogP contribution >= 0.6 is 0 Å². The Hall–Kier alpha value is -3.35. The molecule has 1 fully saturated rings. The second kappa shape index (κ2) is 10.7. The normalized spacial score (nSPS) is 19.7. The quantitative estimate of drug-likeness (QED) is 0.513. The molecule has 3 atom stereocenters. The summed E-state index contributed by atoms with van der Waals surface area (Å²) in [5, 5.41) is 14.9. The molecule has 2 amide bonds. The Balaban J connectivity index is 1.33. The minimum Gasteiger partial charge on any atom is -0.481 e. The van der Waals surface area contributed by atoms with Crippen LogP contribution in [0.2, 0.25) is 0 Å². The van der Waals surface area contributed by atoms with Crippen molar-refractivity contribution in [2.24, 2.45) is 11.8 Å². The summed E-state index contributed by atoms with van der Waals surface area (Å²) in [7, 11) is 0. The van der Waals surface area contributed by atoms with E-state index in [2.05, 4.69) is 34.9 Å². The summed E-state index contributed by atoms with van der Waals surface area (Å²) >= 11 is 0. The summed E-state index contributed by atoms with van der Waals surface area (Å²) in [4.78, 5) is 36.8. The number of amides is 2. The molecule has 0 saturated heterocycles. The van der Waals surface area contributed by atoms with Gasteiger partial charge in [-0.2, -0.15) is 0 Å². The first-order chi connectivity index (χ1) is 16.5. The number of hydrogen-bond donors (Lipinski definition) is 3. The topological polar surface area (TPSA) is 105 Å². The minimum absolute atomic E-state index is 0.0491. The number of ether oxygens (including phenoxy) is 1. The van der Waals surface area contributed by atoms with Crippen LogP contribution in [0.1, 0.15) is 56.1 Å². The summed E-state index contributed by atoms with van der Waals surface area (Å²) in [5.74, 6) is -1.64. The van der Waals surface area contributed by atoms with Crippen LogP contribution in [-0.2, 0) is 14.3 Å². The number of alkyl carbamates (subject to hydrolysis) is 1. The molecular formula is C27H32N2O5. The van der Waals surface area contributed by atoms with Crippen LogP contribution in [0.5, 0.6) is 0 Å². The first-order valence-corrected chi connectivity index (χ1v) is 12.1. The van der Waals surface area contributed by atoms with Gasteiger partial charge in [-0.15, -0.1) is 0 Å². The van der Waals surface area contributed by atoms with Gasteiger partial charge in [-0.1, -0.05) is 68.3 Å². The van der Waals surface area contributed by atoms with Crippen molar-refractivity contribution in [2.75, 3.05) is 13.2 Å². The highest BCUT2D eigenvalue weighted by Gasteiger charge is 2.34. The second-order valence-electron chi connectivity index (χ2n) is 9.19. The second-order valence-corrected chi connectivity index (χ2v) is 9.19. The zero-order valence-electron chi connectivity index (χ0n) is 19.5. The molecule has 7 heteroatoms. The number of benzene rings is 2. The van der Waals surface area contributed by atoms with E-state index in [9.17, 15) is 19.5 Å². The molecule has 180 valence electrons. The van der Waals surface area contributed by atoms with E-state index in [0.29, 0.717) is 25.8 Å². The number of carbonyl (C=O) groups excluding carboxylic acids is 2. The average molecular weight is 465 g/mol. The highest BCUT2D eigenvalue weighted by molar-refractivity contribution is 5.85. The fourth-order valence-corrected chi connectivity index (χ4v) is 5.30. The number of carbonyl (C=O) groups is 3. The van der Waals surface area contributed by atoms with Crippen LogP contribution in [0.25, 0.3) is 11.1 Å². The first kappa shape index (κ1) is 23.8. The van der Waals surface area contributed by atoms with Gasteiger partial charge in [-0.3, -0.25) is 9.59 Å². The Morgan fingerprint density at radius 3 is 2.29 bits per heavy atom. The highest BCUT2D eigenvalue weighted by Crippen LogP contribution is 2.44. The molecule has 34 heavy (non-hydrogen) atoms. The van der Waals surface area contributed by atoms with Crippen molar-refractivity contribution in [3.63, 3.8) is 0 Å². The Labute approximate surface area is 199 Å². The number of aliphatic carboxylic acids is 1. The van der Waals surface area contributed by atoms with Crippen LogP contribution in [0.15, 0.2) is 48.5 Å². The van der Waals surface area contributed by atoms with E-state index in [0.717, 1.165) is 35.1 Å². The molecule has 0 bridgehead atoms. The maximum Gasteiger partial charge on any atom is 0.407 e. The van der Waals surface area contributed by atoms with Crippen molar-refractivity contribution in [2.45, 2.75) is 51.0 Å². The van der Waals surface area contributed by atoms with Crippen LogP contribution in [0, 0.1) is 11.8 Å². The smallest absolute Gasteiger partial charge is 0.407 e. The van der Waals surface area contributed by atoms with Crippen LogP contribution in [0.4, 0.5) is 4.79 Å². The molecule has 2 aliphatic rings. The molecule has 0 aromatic heterocycles. The third-order valence-corrected chi connectivity index (χ3v) is 7.04. The molecule has 2 aliphatic carbocycles. The number of rotatable bonds is 9. The molecule has 7 nitrogen and oxygen atoms in total. The van der Waals surface area contributed by atoms with Crippen molar-refractivity contribution in [3.8, 4) is 11.1 Å². The Morgan fingerprint density at radius 2 is 1.68 bits per heavy atom. The van der Waals surface area contributed by atoms with Gasteiger partial charge in [0.15, 0.2) is 0 Å². The summed E-state index contributed by atoms with van der Waals surface area (Å²) < 4.78 is 5.59. The van der Waals surface area contributed by atoms with E-state index >= 15 is 0 Å². The molecule has 1 saturated carbocycles. The van der Waals surface area contributed by atoms with Crippen LogP contribution in [-0.4, -0.2) is 42.3 Å². The molecule has 0 spiro atoms. The Kier molecular flexibility index (Phi) is 7.50. The molecule has 2 aromatic rings. The predicted molar refractivity (Wildman–Crippen MR) is 128 cm³/mol. The molecule has 0 radical (unpaired) electrons. The van der Waals surface area contributed by atoms with Gasteiger partial charge < -0.3 is 20.5 Å². The summed E-state index contributed by atoms with van der Waals surface area (Å²) in [5.41, 5.74) is 4.57. The predicted octanol–water partition coefficient (Wildman–Crippen LogP) is 4.31. The fraction of sp³-hybridized carbons (Fsp3) is 0.444. The number of carboxylic acid groups (broad SMARTS) is 1. The van der Waals surface area contributed by atoms with Gasteiger partial charge in [-0.05, 0) is 47.4 Å². The standard InChI is InChI=1S/C27H32N2O5/c1-2-8-24(25(30)28-15-17-9-7-14-18(17)26(31)32)29-27(33)34-16-23-21-12-5-3-10-19(21)20-11-4-6-13-22(20)23/h3-6,10-13,17-18,23-24H,2,7-9,14-16H2,1H3,(H,28,30)(H,29,33)(H,31,32)/t17?,18?,24-/m0/s1. The third-order valence-electron chi connectivity index (χ3n) is 7.04. The molecular weight excluding hydrogens is 432 g/mol. The lowest BCUT2D eigenvalue weighted by Gasteiger charge is -2.21. The van der Waals surface area contributed by atoms with E-state index in [-0.39, 0.29) is 24.3 Å². The third kappa shape index (κ3) is 5.08. The van der Waals surface area contributed by atoms with Gasteiger partial charge in [0.2, 0.25) is 5.91 Å². The van der Waals surface area contributed by atoms with Gasteiger partial charge in [-0.25, -0.2) is 4.79 Å². The van der Waals surface area contributed by atoms with Gasteiger partial charge in [0.25, 0.3) is 0 Å². The maximum absolute atomic E-state index is 12.8. The molecule has 0 aliphatic heterocycles. The van der Waals surface area contributed by atoms with E-state index in [1.165, 1.54) is 0 Å². The van der Waals surface area contributed by atoms with E-state index in [1.807, 2.05) is 31.2 Å². The number of carboxylic acids is 1. The van der Waals surface area contributed by atoms with Gasteiger partial charge in [0.05, 0.1) is 5.92 Å². The summed E-state index contributed by atoms with van der Waals surface area (Å²) in [6.07, 6.45) is 2.85. The van der Waals surface area contributed by atoms with Crippen molar-refractivity contribution in [1.29, 1.82) is 0 Å². The lowest BCUT2D eigenvalue weighted by molar-refractivity contribution is -0.143. The molecule has 2 unspecified atom stereocenters. The van der Waals surface area contributed by atoms with E-state index in [1.54, 1.807) is 0 Å². The molecule has 4 rings (SSSR count). The summed E-state index contributed by atoms with van der Waals surface area (Å²) in [6.45, 7) is 2.43. The van der Waals surface area contributed by atoms with Crippen molar-refractivity contribution in [1.82, 2.24) is 10.6 Å². The average Bonchev–Trinajstić information content (AvgIpc) is 3.44. The van der Waals surface area contributed by atoms with E-state index < -0.39 is 24.0 Å².